The summed E-state index contributed by atoms with van der Waals surface area (Å²) < 4.78 is 33.6. The van der Waals surface area contributed by atoms with Crippen molar-refractivity contribution in [2.75, 3.05) is 61.4 Å². The summed E-state index contributed by atoms with van der Waals surface area (Å²) >= 11 is 14.4. The van der Waals surface area contributed by atoms with E-state index in [4.69, 9.17) is 46.9 Å². The number of amides is 8. The second-order valence-corrected chi connectivity index (χ2v) is 31.5. The average molecular weight is 1700 g/mol. The van der Waals surface area contributed by atoms with Gasteiger partial charge in [-0.15, -0.1) is 0 Å². The van der Waals surface area contributed by atoms with Gasteiger partial charge in [0.1, 0.15) is 101 Å². The number of carbonyl (C=O) groups excluding carboxylic acids is 8. The maximum absolute atomic E-state index is 16.7. The molecule has 0 aromatic heterocycles. The number of hydrogen-bond donors (Lipinski definition) is 18. The Kier molecular flexibility index (Phi) is 27.1. The molecule has 121 heavy (non-hydrogen) atoms. The number of halogens is 2. The minimum atomic E-state index is -2.32. The molecule has 638 valence electrons. The van der Waals surface area contributed by atoms with Crippen molar-refractivity contribution in [3.05, 3.63) is 200 Å². The highest BCUT2D eigenvalue weighted by molar-refractivity contribution is 6.33. The van der Waals surface area contributed by atoms with Crippen LogP contribution in [0, 0.1) is 0 Å². The van der Waals surface area contributed by atoms with E-state index in [0.717, 1.165) is 67.3 Å². The number of hydrogen-bond acceptors (Lipinski definition) is 25. The van der Waals surface area contributed by atoms with E-state index in [9.17, 15) is 55.2 Å². The first-order valence-corrected chi connectivity index (χ1v) is 40.0. The third kappa shape index (κ3) is 19.7. The molecule has 8 amide bonds. The highest BCUT2D eigenvalue weighted by atomic mass is 35.5. The maximum atomic E-state index is 16.7. The van der Waals surface area contributed by atoms with Crippen LogP contribution in [0.2, 0.25) is 10.0 Å². The Balaban J connectivity index is 1.05. The van der Waals surface area contributed by atoms with Crippen LogP contribution in [0.1, 0.15) is 119 Å². The molecule has 7 heterocycles. The number of benzene rings is 8. The number of rotatable bonds is 19. The van der Waals surface area contributed by atoms with Crippen LogP contribution in [0.3, 0.4) is 0 Å². The summed E-state index contributed by atoms with van der Waals surface area (Å²) in [4.78, 5) is 128. The van der Waals surface area contributed by atoms with Crippen molar-refractivity contribution < 1.29 is 103 Å². The lowest BCUT2D eigenvalue weighted by Gasteiger charge is -2.42. The van der Waals surface area contributed by atoms with Crippen LogP contribution in [-0.4, -0.2) is 202 Å². The van der Waals surface area contributed by atoms with E-state index in [-0.39, 0.29) is 93.0 Å². The van der Waals surface area contributed by atoms with Gasteiger partial charge in [0.05, 0.1) is 16.1 Å². The fourth-order valence-electron chi connectivity index (χ4n) is 15.0. The van der Waals surface area contributed by atoms with Gasteiger partial charge >= 0.3 is 0 Å². The van der Waals surface area contributed by atoms with Crippen molar-refractivity contribution in [1.29, 1.82) is 0 Å². The van der Waals surface area contributed by atoms with Crippen LogP contribution in [0.5, 0.6) is 69.0 Å². The standard InChI is InChI=1S/C86H94Cl2N12O21/c1-7-8-11-41-12-14-43(15-13-41)40-92-72-74(107)75(108)77(85(116)91-27-10-29-100(5)6)121-86(72)120-76-62-34-47-35-63(76)119-60-25-20-46(32-54(60)87)73(106)71-84(115)97-69(79(110)90-26-9-28-99(3)4)52-36-48(101)37-58(104)64(52)51-31-44(18-23-56(51)102)67(81(112)98-71)94-82(113)68(47)95-83(114)70-53-38-50(39-59(105)65(53)88)118-61-33-45(19-24-57(61)103)66(89-2)80(111)93-55(78(109)96-70)30-42-16-21-49(117-62)22-17-42/h12-25,31-39,55,66-75,77,86,89,92,101-108H,7-11,26-30,40H2,1-6H3,(H,90,110)(H,91,116)(H,93,111)(H,94,113)(H,95,114)(H,96,109)(H,97,115)(H,98,112)/t55-,66-,67-,68-,69+,70+,71+,72-,73-,74-,75+,77+,86-/m1/s1. The van der Waals surface area contributed by atoms with Gasteiger partial charge < -0.3 is 128 Å². The highest BCUT2D eigenvalue weighted by Crippen LogP contribution is 2.50. The zero-order chi connectivity index (χ0) is 86.4. The number of unbranched alkanes of at least 4 members (excludes halogenated alkanes) is 1. The summed E-state index contributed by atoms with van der Waals surface area (Å²) in [6, 6.07) is 16.0. The van der Waals surface area contributed by atoms with Crippen molar-refractivity contribution in [3.63, 3.8) is 0 Å². The number of nitrogens with zero attached hydrogens (tertiary/aromatic N) is 2. The Morgan fingerprint density at radius 1 is 0.537 bits per heavy atom. The molecule has 0 saturated carbocycles. The van der Waals surface area contributed by atoms with E-state index in [1.165, 1.54) is 79.8 Å². The van der Waals surface area contributed by atoms with Crippen LogP contribution in [-0.2, 0) is 62.5 Å². The third-order valence-electron chi connectivity index (χ3n) is 21.4. The molecule has 7 aliphatic rings. The summed E-state index contributed by atoms with van der Waals surface area (Å²) in [6.45, 7) is 3.24. The number of ether oxygens (including phenoxy) is 5. The van der Waals surface area contributed by atoms with Crippen molar-refractivity contribution in [3.8, 4) is 80.1 Å². The number of aliphatic hydroxyl groups excluding tert-OH is 3. The van der Waals surface area contributed by atoms with Crippen molar-refractivity contribution >= 4 is 70.5 Å². The molecule has 18 N–H and O–H groups in total. The highest BCUT2D eigenvalue weighted by Gasteiger charge is 2.50. The Hall–Kier alpha value is -12.0. The molecule has 0 unspecified atom stereocenters. The summed E-state index contributed by atoms with van der Waals surface area (Å²) in [5.41, 5.74) is 0.0222. The molecular formula is C86H94Cl2N12O21. The fraction of sp³-hybridized carbons (Fsp3) is 0.349. The molecular weight excluding hydrogens is 1610 g/mol. The number of carbonyl (C=O) groups is 8. The second kappa shape index (κ2) is 37.7. The van der Waals surface area contributed by atoms with E-state index in [2.05, 4.69) is 60.1 Å². The molecule has 0 spiro atoms. The normalized spacial score (nSPS) is 22.8. The molecule has 1 fully saturated rings. The smallest absolute Gasteiger partial charge is 0.252 e. The van der Waals surface area contributed by atoms with Gasteiger partial charge in [-0.3, -0.25) is 38.4 Å². The summed E-state index contributed by atoms with van der Waals surface area (Å²) in [5, 5.41) is 123. The Morgan fingerprint density at radius 2 is 1.16 bits per heavy atom. The van der Waals surface area contributed by atoms with Crippen LogP contribution < -0.4 is 72.1 Å². The number of aromatic hydroxyl groups is 5. The summed E-state index contributed by atoms with van der Waals surface area (Å²) in [6.07, 6.45) is -6.50. The van der Waals surface area contributed by atoms with Crippen molar-refractivity contribution in [2.45, 2.75) is 131 Å². The Morgan fingerprint density at radius 3 is 1.84 bits per heavy atom. The number of likely N-dealkylation sites (N-methyl/N-ethyl adjacent to an activating group) is 1. The van der Waals surface area contributed by atoms with E-state index >= 15 is 24.0 Å². The maximum Gasteiger partial charge on any atom is 0.252 e. The van der Waals surface area contributed by atoms with Gasteiger partial charge in [-0.05, 0) is 191 Å². The quantitative estimate of drug-likeness (QED) is 0.0418. The largest absolute Gasteiger partial charge is 0.508 e. The monoisotopic (exact) mass is 1700 g/mol. The predicted octanol–water partition coefficient (Wildman–Crippen LogP) is 5.92. The molecule has 8 aromatic rings. The molecule has 33 nitrogen and oxygen atoms in total. The fourth-order valence-corrected chi connectivity index (χ4v) is 15.4. The molecule has 17 bridgehead atoms. The van der Waals surface area contributed by atoms with Gasteiger partial charge in [0, 0.05) is 54.9 Å². The average Bonchev–Trinajstić information content (AvgIpc) is 0.758. The SMILES string of the molecule is CCCCc1ccc(CN[C@H]2[C@H](Oc3c4cc5cc3Oc3ccc(cc3Cl)[C@@H](O)[C@@H]3NC(=O)[C@H](NC(=O)[C@@H]5NC(=O)[C@H]5NC(=O)[C@@H](Cc6ccc(cc6)O4)NC(=O)[C@H](NC)c4ccc(O)c(c4)Oc4cc(O)c(Cl)c5c4)c4ccc(O)c(c4)-c4c(O)cc(O)cc4[C@@H](C(=O)NCCCN(C)C)NC3=O)O[C@H](C(=O)NCCCN(C)C)[C@@H](O)[C@@H]2O)cc1. The Labute approximate surface area is 705 Å². The third-order valence-corrected chi connectivity index (χ3v) is 22.1. The van der Waals surface area contributed by atoms with Gasteiger partial charge in [-0.2, -0.15) is 0 Å². The predicted molar refractivity (Wildman–Crippen MR) is 440 cm³/mol. The van der Waals surface area contributed by atoms with Crippen LogP contribution >= 0.6 is 23.2 Å². The molecule has 13 atom stereocenters. The zero-order valence-electron chi connectivity index (χ0n) is 66.6. The van der Waals surface area contributed by atoms with Gasteiger partial charge in [-0.25, -0.2) is 0 Å². The topological polar surface area (TPSA) is 471 Å². The number of aryl methyl sites for hydroxylation is 1. The first-order chi connectivity index (χ1) is 57.9. The number of phenols is 5. The number of phenolic OH excluding ortho intramolecular Hbond substituents is 5. The lowest BCUT2D eigenvalue weighted by molar-refractivity contribution is -0.235. The van der Waals surface area contributed by atoms with Gasteiger partial charge in [-0.1, -0.05) is 91.1 Å². The lowest BCUT2D eigenvalue weighted by atomic mass is 9.89. The Bertz CT molecular complexity index is 5260. The lowest BCUT2D eigenvalue weighted by Crippen LogP contribution is -2.66. The van der Waals surface area contributed by atoms with Crippen LogP contribution in [0.15, 0.2) is 140 Å². The first-order valence-electron chi connectivity index (χ1n) is 39.3. The summed E-state index contributed by atoms with van der Waals surface area (Å²) in [5.74, 6) is -14.5. The minimum Gasteiger partial charge on any atom is -0.508 e. The van der Waals surface area contributed by atoms with Crippen LogP contribution in [0.4, 0.5) is 0 Å². The van der Waals surface area contributed by atoms with E-state index in [0.29, 0.717) is 37.1 Å². The molecule has 8 aromatic carbocycles. The zero-order valence-corrected chi connectivity index (χ0v) is 68.1. The molecule has 0 radical (unpaired) electrons. The van der Waals surface area contributed by atoms with Gasteiger partial charge in [0.25, 0.3) is 5.91 Å². The molecule has 1 saturated heterocycles. The number of fused-ring (bicyclic) bond motifs is 14. The molecule has 35 heteroatoms. The van der Waals surface area contributed by atoms with E-state index in [1.807, 2.05) is 62.3 Å². The second-order valence-electron chi connectivity index (χ2n) is 30.7. The number of nitrogens with one attached hydrogen (secondary N) is 10. The first kappa shape index (κ1) is 86.8. The van der Waals surface area contributed by atoms with E-state index < -0.39 is 183 Å². The van der Waals surface area contributed by atoms with Crippen molar-refractivity contribution in [2.24, 2.45) is 0 Å². The van der Waals surface area contributed by atoms with Crippen LogP contribution in [0.25, 0.3) is 11.1 Å². The molecule has 15 rings (SSSR count). The number of aliphatic hydroxyl groups is 3. The van der Waals surface area contributed by atoms with Gasteiger partial charge in [0.15, 0.2) is 29.1 Å². The summed E-state index contributed by atoms with van der Waals surface area (Å²) in [7, 11) is 8.78. The van der Waals surface area contributed by atoms with E-state index in [1.54, 1.807) is 0 Å². The van der Waals surface area contributed by atoms with Crippen molar-refractivity contribution in [1.82, 2.24) is 63.0 Å². The molecule has 7 aliphatic heterocycles. The minimum absolute atomic E-state index is 0.00273. The molecule has 0 aliphatic carbocycles. The van der Waals surface area contributed by atoms with Gasteiger partial charge in [0.2, 0.25) is 53.4 Å².